The zero-order chi connectivity index (χ0) is 18.1. The molecule has 1 aliphatic carbocycles. The number of fused-ring (bicyclic) bond motifs is 5. The van der Waals surface area contributed by atoms with Crippen LogP contribution in [0.1, 0.15) is 36.6 Å². The van der Waals surface area contributed by atoms with Crippen LogP contribution in [0.5, 0.6) is 0 Å². The van der Waals surface area contributed by atoms with E-state index in [0.717, 1.165) is 21.9 Å². The molecule has 4 aromatic rings. The largest absolute Gasteiger partial charge is 0.473 e. The molecule has 0 aliphatic heterocycles. The van der Waals surface area contributed by atoms with Crippen molar-refractivity contribution < 1.29 is 13.9 Å². The maximum atomic E-state index is 14.3. The summed E-state index contributed by atoms with van der Waals surface area (Å²) in [6.07, 6.45) is 1.78. The maximum absolute atomic E-state index is 14.3. The van der Waals surface area contributed by atoms with Gasteiger partial charge in [0.25, 0.3) is 0 Å². The van der Waals surface area contributed by atoms with E-state index in [1.165, 1.54) is 10.8 Å². The monoisotopic (exact) mass is 348 g/mol. The molecule has 1 heterocycles. The number of hydrogen-bond acceptors (Lipinski definition) is 2. The molecular formula is C23H21FO2. The predicted octanol–water partition coefficient (Wildman–Crippen LogP) is 6.15. The first-order valence-electron chi connectivity index (χ1n) is 8.90. The molecule has 1 N–H and O–H groups in total. The van der Waals surface area contributed by atoms with Crippen LogP contribution >= 0.6 is 0 Å². The third-order valence-corrected chi connectivity index (χ3v) is 5.25. The molecule has 3 heteroatoms. The summed E-state index contributed by atoms with van der Waals surface area (Å²) < 4.78 is 18.9. The Hall–Kier alpha value is -2.65. The predicted molar refractivity (Wildman–Crippen MR) is 103 cm³/mol. The van der Waals surface area contributed by atoms with Crippen LogP contribution in [0, 0.1) is 0 Å². The number of hydrogen-bond donors (Lipinski definition) is 1. The third-order valence-electron chi connectivity index (χ3n) is 5.25. The maximum Gasteiger partial charge on any atom is 0.128 e. The van der Waals surface area contributed by atoms with Crippen LogP contribution in [-0.4, -0.2) is 11.2 Å². The van der Waals surface area contributed by atoms with Crippen molar-refractivity contribution >= 4 is 21.5 Å². The van der Waals surface area contributed by atoms with E-state index in [1.807, 2.05) is 43.3 Å². The van der Waals surface area contributed by atoms with Gasteiger partial charge in [-0.3, -0.25) is 0 Å². The lowest BCUT2D eigenvalue weighted by Gasteiger charge is -2.31. The fourth-order valence-electron chi connectivity index (χ4n) is 3.87. The Labute approximate surface area is 151 Å². The van der Waals surface area contributed by atoms with Gasteiger partial charge in [0.15, 0.2) is 0 Å². The number of benzene rings is 3. The van der Waals surface area contributed by atoms with E-state index >= 15 is 0 Å². The van der Waals surface area contributed by atoms with Crippen molar-refractivity contribution in [2.24, 2.45) is 0 Å². The molecule has 3 unspecified atom stereocenters. The van der Waals surface area contributed by atoms with Gasteiger partial charge in [0.05, 0.1) is 18.6 Å². The summed E-state index contributed by atoms with van der Waals surface area (Å²) in [5, 5.41) is 14.7. The molecule has 0 saturated carbocycles. The summed E-state index contributed by atoms with van der Waals surface area (Å²) in [4.78, 5) is 0. The van der Waals surface area contributed by atoms with Crippen molar-refractivity contribution in [1.82, 2.24) is 0 Å². The van der Waals surface area contributed by atoms with Crippen LogP contribution in [0.4, 0.5) is 4.39 Å². The van der Waals surface area contributed by atoms with Crippen LogP contribution in [-0.2, 0) is 0 Å². The van der Waals surface area contributed by atoms with Gasteiger partial charge in [0.1, 0.15) is 6.17 Å². The van der Waals surface area contributed by atoms with Gasteiger partial charge in [-0.2, -0.15) is 0 Å². The Morgan fingerprint density at radius 3 is 2.35 bits per heavy atom. The second kappa shape index (κ2) is 6.93. The summed E-state index contributed by atoms with van der Waals surface area (Å²) >= 11 is 0. The van der Waals surface area contributed by atoms with E-state index < -0.39 is 12.3 Å². The van der Waals surface area contributed by atoms with Gasteiger partial charge in [-0.25, -0.2) is 4.39 Å². The van der Waals surface area contributed by atoms with Crippen molar-refractivity contribution in [2.45, 2.75) is 31.5 Å². The number of alkyl halides is 1. The van der Waals surface area contributed by atoms with Crippen molar-refractivity contribution in [1.29, 1.82) is 0 Å². The molecule has 0 saturated heterocycles. The first kappa shape index (κ1) is 16.8. The first-order chi connectivity index (χ1) is 12.7. The molecule has 3 aromatic carbocycles. The summed E-state index contributed by atoms with van der Waals surface area (Å²) in [6.45, 7) is 1.99. The fourth-order valence-corrected chi connectivity index (χ4v) is 3.87. The van der Waals surface area contributed by atoms with E-state index in [4.69, 9.17) is 0 Å². The molecule has 0 bridgehead atoms. The highest BCUT2D eigenvalue weighted by molar-refractivity contribution is 6.09. The van der Waals surface area contributed by atoms with Gasteiger partial charge in [0, 0.05) is 12.3 Å². The molecule has 3 atom stereocenters. The molecule has 0 spiro atoms. The van der Waals surface area contributed by atoms with Crippen LogP contribution in [0.15, 0.2) is 77.6 Å². The Morgan fingerprint density at radius 2 is 1.62 bits per heavy atom. The Balaban J connectivity index is 0.000000292. The molecule has 1 aromatic heterocycles. The Kier molecular flexibility index (Phi) is 4.48. The molecule has 5 rings (SSSR count). The molecule has 132 valence electrons. The van der Waals surface area contributed by atoms with Crippen molar-refractivity contribution in [2.75, 3.05) is 0 Å². The van der Waals surface area contributed by atoms with E-state index in [-0.39, 0.29) is 12.3 Å². The summed E-state index contributed by atoms with van der Waals surface area (Å²) in [5.41, 5.74) is 1.72. The van der Waals surface area contributed by atoms with Gasteiger partial charge >= 0.3 is 0 Å². The quantitative estimate of drug-likeness (QED) is 0.387. The Morgan fingerprint density at radius 1 is 0.885 bits per heavy atom. The van der Waals surface area contributed by atoms with Gasteiger partial charge in [0.2, 0.25) is 0 Å². The van der Waals surface area contributed by atoms with Crippen LogP contribution < -0.4 is 0 Å². The standard InChI is InChI=1S/C19H17FO.C4H4O/c1-11-18(21)10-17(20)16-9-8-14-13-5-3-2-4-12(13)6-7-15(14)19(11)16;1-2-4-5-3-1/h2-9,11,17-18,21H,10H2,1H3;1-4H. The third kappa shape index (κ3) is 2.89. The molecule has 26 heavy (non-hydrogen) atoms. The topological polar surface area (TPSA) is 33.4 Å². The lowest BCUT2D eigenvalue weighted by Crippen LogP contribution is -2.25. The minimum atomic E-state index is -1.07. The minimum absolute atomic E-state index is 0.0307. The molecule has 0 radical (unpaired) electrons. The highest BCUT2D eigenvalue weighted by atomic mass is 19.1. The lowest BCUT2D eigenvalue weighted by atomic mass is 9.78. The van der Waals surface area contributed by atoms with Gasteiger partial charge in [-0.1, -0.05) is 55.5 Å². The normalized spacial score (nSPS) is 21.9. The second-order valence-electron chi connectivity index (χ2n) is 6.80. The number of aliphatic hydroxyl groups is 1. The van der Waals surface area contributed by atoms with Crippen molar-refractivity contribution in [3.63, 3.8) is 0 Å². The highest BCUT2D eigenvalue weighted by Gasteiger charge is 2.32. The first-order valence-corrected chi connectivity index (χ1v) is 8.90. The molecule has 0 fully saturated rings. The molecule has 1 aliphatic rings. The Bertz CT molecular complexity index is 1010. The number of halogens is 1. The van der Waals surface area contributed by atoms with Crippen LogP contribution in [0.25, 0.3) is 21.5 Å². The van der Waals surface area contributed by atoms with Gasteiger partial charge < -0.3 is 9.52 Å². The van der Waals surface area contributed by atoms with E-state index in [2.05, 4.69) is 28.7 Å². The van der Waals surface area contributed by atoms with Gasteiger partial charge in [-0.15, -0.1) is 0 Å². The van der Waals surface area contributed by atoms with Crippen LogP contribution in [0.3, 0.4) is 0 Å². The lowest BCUT2D eigenvalue weighted by molar-refractivity contribution is 0.0931. The molecular weight excluding hydrogens is 327 g/mol. The zero-order valence-electron chi connectivity index (χ0n) is 14.6. The van der Waals surface area contributed by atoms with Crippen LogP contribution in [0.2, 0.25) is 0 Å². The number of aliphatic hydroxyl groups excluding tert-OH is 1. The van der Waals surface area contributed by atoms with Gasteiger partial charge in [-0.05, 0) is 44.8 Å². The summed E-state index contributed by atoms with van der Waals surface area (Å²) in [6, 6.07) is 20.0. The average Bonchev–Trinajstić information content (AvgIpc) is 3.25. The smallest absolute Gasteiger partial charge is 0.128 e. The van der Waals surface area contributed by atoms with E-state index in [1.54, 1.807) is 12.5 Å². The summed E-state index contributed by atoms with van der Waals surface area (Å²) in [5.74, 6) is -0.0307. The number of rotatable bonds is 0. The average molecular weight is 348 g/mol. The number of furan rings is 1. The fraction of sp³-hybridized carbons (Fsp3) is 0.217. The molecule has 2 nitrogen and oxygen atoms in total. The van der Waals surface area contributed by atoms with E-state index in [0.29, 0.717) is 0 Å². The molecule has 0 amide bonds. The van der Waals surface area contributed by atoms with E-state index in [9.17, 15) is 9.50 Å². The van der Waals surface area contributed by atoms with Crippen molar-refractivity contribution in [3.05, 3.63) is 84.3 Å². The summed E-state index contributed by atoms with van der Waals surface area (Å²) in [7, 11) is 0. The minimum Gasteiger partial charge on any atom is -0.473 e. The second-order valence-corrected chi connectivity index (χ2v) is 6.80. The SMILES string of the molecule is CC1c2c(ccc3c2ccc2ccccc23)C(F)CC1O.c1ccoc1. The highest BCUT2D eigenvalue weighted by Crippen LogP contribution is 2.44. The zero-order valence-corrected chi connectivity index (χ0v) is 14.6. The van der Waals surface area contributed by atoms with Crippen molar-refractivity contribution in [3.8, 4) is 0 Å².